The van der Waals surface area contributed by atoms with Gasteiger partial charge in [0.25, 0.3) is 5.91 Å². The lowest BCUT2D eigenvalue weighted by molar-refractivity contribution is 0.0724. The summed E-state index contributed by atoms with van der Waals surface area (Å²) in [5.74, 6) is 2.30. The van der Waals surface area contributed by atoms with Crippen LogP contribution in [0.3, 0.4) is 0 Å². The maximum atomic E-state index is 13.2. The normalized spacial score (nSPS) is 15.8. The average Bonchev–Trinajstić information content (AvgIpc) is 2.84. The number of aromatic nitrogens is 2. The van der Waals surface area contributed by atoms with Crippen molar-refractivity contribution in [2.45, 2.75) is 24.2 Å². The standard InChI is InChI=1S/C24H24ClN5O2S/c25-21-15-26-24-28-18-11-16(23(31)30-7-2-1-3-8-30)12-19(13-18)32-9-10-33-20-6-4-5-17(14-20)27-22(21)29-24/h4-6,11-15H,1-3,7-10H2,(H2,26,27,28,29). The van der Waals surface area contributed by atoms with Gasteiger partial charge in [0.05, 0.1) is 12.8 Å². The number of hydrogen-bond acceptors (Lipinski definition) is 7. The quantitative estimate of drug-likeness (QED) is 0.459. The predicted octanol–water partition coefficient (Wildman–Crippen LogP) is 5.73. The molecule has 1 fully saturated rings. The molecule has 0 unspecified atom stereocenters. The van der Waals surface area contributed by atoms with Gasteiger partial charge < -0.3 is 20.3 Å². The molecule has 7 nitrogen and oxygen atoms in total. The van der Waals surface area contributed by atoms with Crippen molar-refractivity contribution in [2.24, 2.45) is 0 Å². The molecule has 33 heavy (non-hydrogen) atoms. The molecule has 170 valence electrons. The van der Waals surface area contributed by atoms with Crippen molar-refractivity contribution >= 4 is 52.4 Å². The van der Waals surface area contributed by atoms with Gasteiger partial charge in [-0.05, 0) is 49.6 Å². The first-order valence-electron chi connectivity index (χ1n) is 11.0. The first-order valence-corrected chi connectivity index (χ1v) is 12.4. The number of hydrogen-bond donors (Lipinski definition) is 2. The van der Waals surface area contributed by atoms with Crippen molar-refractivity contribution in [1.29, 1.82) is 0 Å². The Labute approximate surface area is 201 Å². The molecule has 5 rings (SSSR count). The van der Waals surface area contributed by atoms with Gasteiger partial charge in [-0.2, -0.15) is 4.98 Å². The van der Waals surface area contributed by atoms with E-state index >= 15 is 0 Å². The highest BCUT2D eigenvalue weighted by Crippen LogP contribution is 2.30. The van der Waals surface area contributed by atoms with Crippen LogP contribution in [0.15, 0.2) is 53.6 Å². The van der Waals surface area contributed by atoms with Crippen molar-refractivity contribution in [2.75, 3.05) is 36.1 Å². The summed E-state index contributed by atoms with van der Waals surface area (Å²) in [4.78, 5) is 25.0. The van der Waals surface area contributed by atoms with Crippen LogP contribution >= 0.6 is 23.4 Å². The number of nitrogens with one attached hydrogen (secondary N) is 2. The van der Waals surface area contributed by atoms with Crippen molar-refractivity contribution in [3.63, 3.8) is 0 Å². The highest BCUT2D eigenvalue weighted by Gasteiger charge is 2.20. The first kappa shape index (κ1) is 21.9. The maximum Gasteiger partial charge on any atom is 0.254 e. The molecule has 0 aliphatic carbocycles. The van der Waals surface area contributed by atoms with E-state index in [1.807, 2.05) is 41.3 Å². The molecule has 9 heteroatoms. The molecule has 1 amide bonds. The van der Waals surface area contributed by atoms with Crippen molar-refractivity contribution in [3.05, 3.63) is 59.2 Å². The van der Waals surface area contributed by atoms with E-state index < -0.39 is 0 Å². The number of amides is 1. The Hall–Kier alpha value is -2.97. The number of benzene rings is 2. The first-order chi connectivity index (χ1) is 16.1. The molecule has 3 heterocycles. The highest BCUT2D eigenvalue weighted by atomic mass is 35.5. The van der Waals surface area contributed by atoms with E-state index in [1.54, 1.807) is 18.0 Å². The molecule has 2 aliphatic rings. The Morgan fingerprint density at radius 3 is 2.82 bits per heavy atom. The number of carbonyl (C=O) groups is 1. The molecule has 2 N–H and O–H groups in total. The van der Waals surface area contributed by atoms with Crippen LogP contribution in [0.5, 0.6) is 5.75 Å². The van der Waals surface area contributed by atoms with E-state index in [0.717, 1.165) is 42.3 Å². The van der Waals surface area contributed by atoms with Gasteiger partial charge >= 0.3 is 0 Å². The van der Waals surface area contributed by atoms with E-state index in [4.69, 9.17) is 16.3 Å². The fourth-order valence-corrected chi connectivity index (χ4v) is 4.85. The molecular formula is C24H24ClN5O2S. The van der Waals surface area contributed by atoms with Gasteiger partial charge in [-0.15, -0.1) is 11.8 Å². The second kappa shape index (κ2) is 9.89. The molecule has 2 aromatic carbocycles. The lowest BCUT2D eigenvalue weighted by Crippen LogP contribution is -2.35. The predicted molar refractivity (Wildman–Crippen MR) is 132 cm³/mol. The van der Waals surface area contributed by atoms with Crippen molar-refractivity contribution in [3.8, 4) is 5.75 Å². The Morgan fingerprint density at radius 1 is 1.06 bits per heavy atom. The topological polar surface area (TPSA) is 79.4 Å². The molecule has 1 aromatic heterocycles. The lowest BCUT2D eigenvalue weighted by atomic mass is 10.1. The zero-order valence-corrected chi connectivity index (χ0v) is 19.6. The van der Waals surface area contributed by atoms with Crippen LogP contribution in [0.2, 0.25) is 5.02 Å². The monoisotopic (exact) mass is 481 g/mol. The van der Waals surface area contributed by atoms with Crippen molar-refractivity contribution in [1.82, 2.24) is 14.9 Å². The smallest absolute Gasteiger partial charge is 0.254 e. The van der Waals surface area contributed by atoms with E-state index in [1.165, 1.54) is 6.42 Å². The van der Waals surface area contributed by atoms with Crippen LogP contribution in [0, 0.1) is 0 Å². The summed E-state index contributed by atoms with van der Waals surface area (Å²) < 4.78 is 6.04. The Balaban J connectivity index is 1.50. The number of carbonyl (C=O) groups excluding carboxylic acids is 1. The molecule has 0 saturated carbocycles. The second-order valence-corrected chi connectivity index (χ2v) is 9.54. The van der Waals surface area contributed by atoms with Crippen LogP contribution in [0.25, 0.3) is 0 Å². The fraction of sp³-hybridized carbons (Fsp3) is 0.292. The Bertz CT molecular complexity index is 1170. The van der Waals surface area contributed by atoms with E-state index in [0.29, 0.717) is 40.4 Å². The fourth-order valence-electron chi connectivity index (χ4n) is 3.92. The zero-order valence-electron chi connectivity index (χ0n) is 18.0. The number of fused-ring (bicyclic) bond motifs is 6. The third-order valence-corrected chi connectivity index (χ3v) is 6.75. The van der Waals surface area contributed by atoms with Crippen molar-refractivity contribution < 1.29 is 9.53 Å². The summed E-state index contributed by atoms with van der Waals surface area (Å²) >= 11 is 8.04. The molecule has 1 saturated heterocycles. The van der Waals surface area contributed by atoms with Gasteiger partial charge in [-0.1, -0.05) is 17.7 Å². The minimum Gasteiger partial charge on any atom is -0.493 e. The third kappa shape index (κ3) is 5.34. The van der Waals surface area contributed by atoms with Crippen LogP contribution in [-0.2, 0) is 0 Å². The van der Waals surface area contributed by atoms with Gasteiger partial charge in [0.1, 0.15) is 10.8 Å². The van der Waals surface area contributed by atoms with Crippen LogP contribution in [0.4, 0.5) is 23.1 Å². The number of thioether (sulfide) groups is 1. The number of likely N-dealkylation sites (tertiary alicyclic amines) is 1. The van der Waals surface area contributed by atoms with E-state index in [2.05, 4.69) is 26.7 Å². The van der Waals surface area contributed by atoms with Crippen LogP contribution in [0.1, 0.15) is 29.6 Å². The molecule has 6 bridgehead atoms. The summed E-state index contributed by atoms with van der Waals surface area (Å²) in [5, 5.41) is 6.90. The van der Waals surface area contributed by atoms with Gasteiger partial charge in [0, 0.05) is 46.7 Å². The summed E-state index contributed by atoms with van der Waals surface area (Å²) in [6.45, 7) is 2.09. The number of ether oxygens (including phenoxy) is 1. The van der Waals surface area contributed by atoms with Gasteiger partial charge in [-0.3, -0.25) is 4.79 Å². The maximum absolute atomic E-state index is 13.2. The molecule has 0 atom stereocenters. The van der Waals surface area contributed by atoms with Crippen LogP contribution in [-0.4, -0.2) is 46.2 Å². The molecular weight excluding hydrogens is 458 g/mol. The minimum atomic E-state index is 0.0194. The zero-order chi connectivity index (χ0) is 22.6. The number of rotatable bonds is 1. The lowest BCUT2D eigenvalue weighted by Gasteiger charge is -2.27. The second-order valence-electron chi connectivity index (χ2n) is 7.96. The van der Waals surface area contributed by atoms with Gasteiger partial charge in [0.2, 0.25) is 5.95 Å². The number of piperidine rings is 1. The molecule has 0 radical (unpaired) electrons. The number of anilines is 4. The SMILES string of the molecule is O=C(c1cc2cc(c1)OCCSc1cccc(c1)Nc1nc(ncc1Cl)N2)N1CCCCC1. The van der Waals surface area contributed by atoms with Gasteiger partial charge in [0.15, 0.2) is 5.82 Å². The number of nitrogens with zero attached hydrogens (tertiary/aromatic N) is 3. The van der Waals surface area contributed by atoms with Crippen LogP contribution < -0.4 is 15.4 Å². The molecule has 0 spiro atoms. The van der Waals surface area contributed by atoms with E-state index in [-0.39, 0.29) is 5.91 Å². The molecule has 3 aromatic rings. The third-order valence-electron chi connectivity index (χ3n) is 5.51. The van der Waals surface area contributed by atoms with Gasteiger partial charge in [-0.25, -0.2) is 4.98 Å². The minimum absolute atomic E-state index is 0.0194. The Kier molecular flexibility index (Phi) is 6.55. The Morgan fingerprint density at radius 2 is 1.94 bits per heavy atom. The average molecular weight is 482 g/mol. The summed E-state index contributed by atoms with van der Waals surface area (Å²) in [6.07, 6.45) is 4.80. The summed E-state index contributed by atoms with van der Waals surface area (Å²) in [5.41, 5.74) is 2.16. The molecule has 2 aliphatic heterocycles. The summed E-state index contributed by atoms with van der Waals surface area (Å²) in [7, 11) is 0. The van der Waals surface area contributed by atoms with E-state index in [9.17, 15) is 4.79 Å². The largest absolute Gasteiger partial charge is 0.493 e. The number of halogens is 1. The summed E-state index contributed by atoms with van der Waals surface area (Å²) in [6, 6.07) is 13.6. The highest BCUT2D eigenvalue weighted by molar-refractivity contribution is 7.99.